The summed E-state index contributed by atoms with van der Waals surface area (Å²) in [5.41, 5.74) is 0.882. The Labute approximate surface area is 83.2 Å². The topological polar surface area (TPSA) is 51.2 Å². The summed E-state index contributed by atoms with van der Waals surface area (Å²) in [6.07, 6.45) is 4.05. The Morgan fingerprint density at radius 2 is 2.07 bits per heavy atom. The van der Waals surface area contributed by atoms with Gasteiger partial charge in [0.1, 0.15) is 11.6 Å². The molecular formula is C11H14O3. The first-order valence-electron chi connectivity index (χ1n) is 4.81. The van der Waals surface area contributed by atoms with Crippen molar-refractivity contribution in [3.63, 3.8) is 0 Å². The molecule has 1 aliphatic carbocycles. The van der Waals surface area contributed by atoms with Gasteiger partial charge in [0.05, 0.1) is 6.42 Å². The second-order valence-electron chi connectivity index (χ2n) is 3.72. The molecule has 0 aromatic heterocycles. The monoisotopic (exact) mass is 194 g/mol. The molecule has 0 aromatic carbocycles. The maximum Gasteiger partial charge on any atom is 0.155 e. The quantitative estimate of drug-likeness (QED) is 0.639. The van der Waals surface area contributed by atoms with E-state index in [1.54, 1.807) is 6.08 Å². The third kappa shape index (κ3) is 3.64. The molecule has 0 spiro atoms. The Hall–Kier alpha value is -1.25. The van der Waals surface area contributed by atoms with Crippen molar-refractivity contribution < 1.29 is 14.4 Å². The van der Waals surface area contributed by atoms with Crippen LogP contribution in [0.4, 0.5) is 0 Å². The predicted molar refractivity (Wildman–Crippen MR) is 51.9 cm³/mol. The van der Waals surface area contributed by atoms with Crippen LogP contribution in [0, 0.1) is 0 Å². The molecule has 3 nitrogen and oxygen atoms in total. The highest BCUT2D eigenvalue weighted by Gasteiger charge is 2.13. The highest BCUT2D eigenvalue weighted by atomic mass is 16.1. The lowest BCUT2D eigenvalue weighted by atomic mass is 9.94. The zero-order chi connectivity index (χ0) is 10.6. The van der Waals surface area contributed by atoms with Crippen LogP contribution in [0.2, 0.25) is 0 Å². The number of hydrogen-bond donors (Lipinski definition) is 0. The van der Waals surface area contributed by atoms with Crippen LogP contribution >= 0.6 is 0 Å². The van der Waals surface area contributed by atoms with Crippen LogP contribution in [-0.4, -0.2) is 17.3 Å². The summed E-state index contributed by atoms with van der Waals surface area (Å²) in [4.78, 5) is 32.9. The molecule has 0 atom stereocenters. The Balaban J connectivity index is 2.47. The third-order valence-corrected chi connectivity index (χ3v) is 2.16. The first-order chi connectivity index (χ1) is 6.58. The van der Waals surface area contributed by atoms with Gasteiger partial charge in [-0.2, -0.15) is 0 Å². The van der Waals surface area contributed by atoms with Gasteiger partial charge < -0.3 is 0 Å². The Morgan fingerprint density at radius 3 is 2.64 bits per heavy atom. The summed E-state index contributed by atoms with van der Waals surface area (Å²) in [6, 6.07) is 0. The first-order valence-corrected chi connectivity index (χ1v) is 4.81. The molecule has 0 aliphatic heterocycles. The molecule has 14 heavy (non-hydrogen) atoms. The highest BCUT2D eigenvalue weighted by Crippen LogP contribution is 2.18. The van der Waals surface area contributed by atoms with Gasteiger partial charge in [-0.15, -0.1) is 0 Å². The molecule has 3 heteroatoms. The van der Waals surface area contributed by atoms with Gasteiger partial charge in [0.25, 0.3) is 0 Å². The van der Waals surface area contributed by atoms with Crippen molar-refractivity contribution in [1.82, 2.24) is 0 Å². The van der Waals surface area contributed by atoms with Gasteiger partial charge in [-0.05, 0) is 25.8 Å². The third-order valence-electron chi connectivity index (χ3n) is 2.16. The van der Waals surface area contributed by atoms with E-state index in [0.29, 0.717) is 6.42 Å². The molecular weight excluding hydrogens is 180 g/mol. The fourth-order valence-corrected chi connectivity index (χ4v) is 1.59. The minimum absolute atomic E-state index is 0.00840. The number of allylic oxidation sites excluding steroid dienone is 2. The fourth-order valence-electron chi connectivity index (χ4n) is 1.59. The summed E-state index contributed by atoms with van der Waals surface area (Å²) in [5, 5.41) is 0. The van der Waals surface area contributed by atoms with E-state index in [0.717, 1.165) is 18.4 Å². The SMILES string of the molecule is CC(=O)CC(=O)CC1=CC(=O)CCC1. The Morgan fingerprint density at radius 1 is 1.36 bits per heavy atom. The molecule has 76 valence electrons. The molecule has 0 saturated heterocycles. The molecule has 0 N–H and O–H groups in total. The van der Waals surface area contributed by atoms with Crippen molar-refractivity contribution in [2.75, 3.05) is 0 Å². The fraction of sp³-hybridized carbons (Fsp3) is 0.545. The van der Waals surface area contributed by atoms with E-state index in [1.165, 1.54) is 6.92 Å². The minimum atomic E-state index is -0.113. The lowest BCUT2D eigenvalue weighted by Gasteiger charge is -2.10. The second-order valence-corrected chi connectivity index (χ2v) is 3.72. The molecule has 0 bridgehead atoms. The standard InChI is InChI=1S/C11H14O3/c1-8(12)5-11(14)7-9-3-2-4-10(13)6-9/h6H,2-5,7H2,1H3. The van der Waals surface area contributed by atoms with Gasteiger partial charge in [-0.3, -0.25) is 14.4 Å². The number of Topliss-reactive ketones (excluding diaryl/α,β-unsaturated/α-hetero) is 2. The smallest absolute Gasteiger partial charge is 0.155 e. The van der Waals surface area contributed by atoms with Gasteiger partial charge in [-0.25, -0.2) is 0 Å². The largest absolute Gasteiger partial charge is 0.300 e. The van der Waals surface area contributed by atoms with Gasteiger partial charge in [0.15, 0.2) is 5.78 Å². The molecule has 0 amide bonds. The molecule has 0 heterocycles. The Kier molecular flexibility index (Phi) is 3.74. The number of rotatable bonds is 4. The van der Waals surface area contributed by atoms with E-state index in [2.05, 4.69) is 0 Å². The highest BCUT2D eigenvalue weighted by molar-refractivity contribution is 5.99. The summed E-state index contributed by atoms with van der Waals surface area (Å²) >= 11 is 0. The average Bonchev–Trinajstić information content (AvgIpc) is 2.01. The maximum absolute atomic E-state index is 11.3. The molecule has 0 saturated carbocycles. The van der Waals surface area contributed by atoms with Crippen LogP contribution < -0.4 is 0 Å². The van der Waals surface area contributed by atoms with Gasteiger partial charge in [0, 0.05) is 12.8 Å². The van der Waals surface area contributed by atoms with E-state index < -0.39 is 0 Å². The summed E-state index contributed by atoms with van der Waals surface area (Å²) in [5.74, 6) is -0.0990. The minimum Gasteiger partial charge on any atom is -0.300 e. The molecule has 0 fully saturated rings. The van der Waals surface area contributed by atoms with E-state index >= 15 is 0 Å². The lowest BCUT2D eigenvalue weighted by Crippen LogP contribution is -2.09. The molecule has 1 aliphatic rings. The van der Waals surface area contributed by atoms with E-state index in [4.69, 9.17) is 0 Å². The van der Waals surface area contributed by atoms with Crippen molar-refractivity contribution in [3.8, 4) is 0 Å². The summed E-state index contributed by atoms with van der Waals surface area (Å²) < 4.78 is 0. The number of carbonyl (C=O) groups is 3. The van der Waals surface area contributed by atoms with Crippen LogP contribution in [0.25, 0.3) is 0 Å². The Bertz CT molecular complexity index is 300. The lowest BCUT2D eigenvalue weighted by molar-refractivity contribution is -0.125. The summed E-state index contributed by atoms with van der Waals surface area (Å²) in [7, 11) is 0. The van der Waals surface area contributed by atoms with E-state index in [9.17, 15) is 14.4 Å². The molecule has 0 unspecified atom stereocenters. The van der Waals surface area contributed by atoms with Crippen molar-refractivity contribution in [2.45, 2.75) is 39.0 Å². The normalized spacial score (nSPS) is 16.4. The first kappa shape index (κ1) is 10.8. The predicted octanol–water partition coefficient (Wildman–Crippen LogP) is 1.60. The van der Waals surface area contributed by atoms with Gasteiger partial charge >= 0.3 is 0 Å². The number of hydrogen-bond acceptors (Lipinski definition) is 3. The number of carbonyl (C=O) groups excluding carboxylic acids is 3. The zero-order valence-electron chi connectivity index (χ0n) is 8.34. The van der Waals surface area contributed by atoms with Crippen LogP contribution in [0.1, 0.15) is 39.0 Å². The van der Waals surface area contributed by atoms with Crippen molar-refractivity contribution in [3.05, 3.63) is 11.6 Å². The van der Waals surface area contributed by atoms with Crippen LogP contribution in [-0.2, 0) is 14.4 Å². The molecule has 0 radical (unpaired) electrons. The van der Waals surface area contributed by atoms with Crippen molar-refractivity contribution in [1.29, 1.82) is 0 Å². The number of ketones is 3. The average molecular weight is 194 g/mol. The van der Waals surface area contributed by atoms with Crippen molar-refractivity contribution >= 4 is 17.3 Å². The molecule has 0 aromatic rings. The van der Waals surface area contributed by atoms with Gasteiger partial charge in [0.2, 0.25) is 0 Å². The summed E-state index contributed by atoms with van der Waals surface area (Å²) in [6.45, 7) is 1.40. The second kappa shape index (κ2) is 4.84. The zero-order valence-corrected chi connectivity index (χ0v) is 8.34. The van der Waals surface area contributed by atoms with Gasteiger partial charge in [-0.1, -0.05) is 5.57 Å². The van der Waals surface area contributed by atoms with Crippen LogP contribution in [0.3, 0.4) is 0 Å². The maximum atomic E-state index is 11.3. The molecule has 1 rings (SSSR count). The van der Waals surface area contributed by atoms with Crippen LogP contribution in [0.5, 0.6) is 0 Å². The van der Waals surface area contributed by atoms with E-state index in [-0.39, 0.29) is 30.2 Å². The van der Waals surface area contributed by atoms with Crippen molar-refractivity contribution in [2.24, 2.45) is 0 Å². The van der Waals surface area contributed by atoms with Crippen LogP contribution in [0.15, 0.2) is 11.6 Å². The van der Waals surface area contributed by atoms with E-state index in [1.807, 2.05) is 0 Å².